The third-order valence-corrected chi connectivity index (χ3v) is 5.52. The average Bonchev–Trinajstić information content (AvgIpc) is 2.36. The van der Waals surface area contributed by atoms with Gasteiger partial charge in [-0.2, -0.15) is 0 Å². The number of rotatable bonds is 6. The van der Waals surface area contributed by atoms with Crippen LogP contribution < -0.4 is 0 Å². The zero-order valence-corrected chi connectivity index (χ0v) is 17.7. The maximum absolute atomic E-state index is 10.9. The van der Waals surface area contributed by atoms with Crippen molar-refractivity contribution in [1.29, 1.82) is 0 Å². The second-order valence-corrected chi connectivity index (χ2v) is 10.9. The Morgan fingerprint density at radius 2 is 1.52 bits per heavy atom. The molecule has 0 heterocycles. The fraction of sp³-hybridized carbons (Fsp3) is 0.700. The van der Waals surface area contributed by atoms with E-state index < -0.39 is 7.60 Å². The second-order valence-electron chi connectivity index (χ2n) is 9.13. The summed E-state index contributed by atoms with van der Waals surface area (Å²) >= 11 is 0. The van der Waals surface area contributed by atoms with Gasteiger partial charge in [-0.3, -0.25) is 4.57 Å². The Bertz CT molecular complexity index is 645. The summed E-state index contributed by atoms with van der Waals surface area (Å²) < 4.78 is 10.9. The lowest BCUT2D eigenvalue weighted by Crippen LogP contribution is -2.20. The number of hydrogen-bond donors (Lipinski definition) is 3. The van der Waals surface area contributed by atoms with Crippen LogP contribution in [0.1, 0.15) is 83.1 Å². The highest BCUT2D eigenvalue weighted by Gasteiger charge is 2.28. The van der Waals surface area contributed by atoms with Crippen LogP contribution in [0.4, 0.5) is 0 Å². The highest BCUT2D eigenvalue weighted by atomic mass is 31.2. The minimum Gasteiger partial charge on any atom is -0.507 e. The Balaban J connectivity index is 3.09. The van der Waals surface area contributed by atoms with E-state index in [0.29, 0.717) is 12.2 Å². The van der Waals surface area contributed by atoms with Gasteiger partial charge in [0.25, 0.3) is 0 Å². The third kappa shape index (κ3) is 6.44. The van der Waals surface area contributed by atoms with Crippen molar-refractivity contribution >= 4 is 7.60 Å². The van der Waals surface area contributed by atoms with Crippen LogP contribution in [0, 0.1) is 6.92 Å². The molecule has 0 saturated heterocycles. The van der Waals surface area contributed by atoms with Crippen molar-refractivity contribution in [2.24, 2.45) is 0 Å². The van der Waals surface area contributed by atoms with E-state index in [4.69, 9.17) is 9.79 Å². The van der Waals surface area contributed by atoms with Crippen LogP contribution in [0.5, 0.6) is 5.75 Å². The molecule has 0 spiro atoms. The lowest BCUT2D eigenvalue weighted by molar-refractivity contribution is 0.370. The maximum atomic E-state index is 10.9. The molecule has 0 aromatic heterocycles. The quantitative estimate of drug-likeness (QED) is 0.476. The predicted octanol–water partition coefficient (Wildman–Crippen LogP) is 5.19. The molecule has 25 heavy (non-hydrogen) atoms. The number of aromatic hydroxyl groups is 1. The van der Waals surface area contributed by atoms with E-state index in [9.17, 15) is 9.67 Å². The van der Waals surface area contributed by atoms with E-state index in [1.165, 1.54) is 5.56 Å². The smallest absolute Gasteiger partial charge is 0.325 e. The largest absolute Gasteiger partial charge is 0.507 e. The molecule has 0 amide bonds. The minimum absolute atomic E-state index is 0.0396. The van der Waals surface area contributed by atoms with Gasteiger partial charge in [0.1, 0.15) is 5.75 Å². The summed E-state index contributed by atoms with van der Waals surface area (Å²) in [7, 11) is -3.89. The lowest BCUT2D eigenvalue weighted by atomic mass is 9.75. The minimum atomic E-state index is -3.89. The monoisotopic (exact) mass is 370 g/mol. The summed E-state index contributed by atoms with van der Waals surface area (Å²) in [5.41, 5.74) is 4.03. The molecule has 0 fully saturated rings. The van der Waals surface area contributed by atoms with Crippen molar-refractivity contribution in [3.63, 3.8) is 0 Å². The van der Waals surface area contributed by atoms with Gasteiger partial charge in [0.05, 0.1) is 0 Å². The topological polar surface area (TPSA) is 77.8 Å². The molecule has 0 unspecified atom stereocenters. The van der Waals surface area contributed by atoms with Gasteiger partial charge in [-0.1, -0.05) is 54.0 Å². The van der Waals surface area contributed by atoms with Crippen molar-refractivity contribution in [3.05, 3.63) is 28.3 Å². The molecule has 1 aromatic carbocycles. The van der Waals surface area contributed by atoms with Crippen molar-refractivity contribution in [2.45, 2.75) is 85.0 Å². The molecule has 3 N–H and O–H groups in total. The first-order valence-corrected chi connectivity index (χ1v) is 10.9. The van der Waals surface area contributed by atoms with Crippen molar-refractivity contribution in [2.75, 3.05) is 6.16 Å². The number of unbranched alkanes of at least 4 members (excludes halogenated alkanes) is 2. The van der Waals surface area contributed by atoms with Crippen molar-refractivity contribution in [3.8, 4) is 5.75 Å². The molecule has 1 rings (SSSR count). The van der Waals surface area contributed by atoms with Crippen molar-refractivity contribution in [1.82, 2.24) is 0 Å². The Morgan fingerprint density at radius 1 is 0.960 bits per heavy atom. The fourth-order valence-electron chi connectivity index (χ4n) is 3.38. The van der Waals surface area contributed by atoms with Gasteiger partial charge in [-0.15, -0.1) is 0 Å². The molecule has 0 atom stereocenters. The van der Waals surface area contributed by atoms with Crippen molar-refractivity contribution < 1.29 is 19.5 Å². The van der Waals surface area contributed by atoms with E-state index in [0.717, 1.165) is 36.0 Å². The molecule has 0 aliphatic carbocycles. The number of phenolic OH excluding ortho intramolecular Hbond substituents is 1. The third-order valence-electron chi connectivity index (χ3n) is 4.62. The van der Waals surface area contributed by atoms with Crippen LogP contribution >= 0.6 is 7.60 Å². The van der Waals surface area contributed by atoms with Gasteiger partial charge < -0.3 is 14.9 Å². The molecule has 5 heteroatoms. The molecule has 0 aliphatic heterocycles. The predicted molar refractivity (Wildman–Crippen MR) is 105 cm³/mol. The van der Waals surface area contributed by atoms with Crippen LogP contribution in [-0.4, -0.2) is 21.1 Å². The van der Waals surface area contributed by atoms with Gasteiger partial charge >= 0.3 is 7.60 Å². The summed E-state index contributed by atoms with van der Waals surface area (Å²) in [6.45, 7) is 14.7. The van der Waals surface area contributed by atoms with Crippen LogP contribution in [0.3, 0.4) is 0 Å². The lowest BCUT2D eigenvalue weighted by Gasteiger charge is -2.30. The van der Waals surface area contributed by atoms with Crippen LogP contribution in [-0.2, 0) is 21.8 Å². The van der Waals surface area contributed by atoms with E-state index in [2.05, 4.69) is 54.5 Å². The van der Waals surface area contributed by atoms with E-state index >= 15 is 0 Å². The first-order chi connectivity index (χ1) is 11.1. The average molecular weight is 370 g/mol. The van der Waals surface area contributed by atoms with Crippen LogP contribution in [0.25, 0.3) is 0 Å². The summed E-state index contributed by atoms with van der Waals surface area (Å²) in [6.07, 6.45) is 3.04. The first kappa shape index (κ1) is 22.2. The fourth-order valence-corrected chi connectivity index (χ4v) is 4.02. The zero-order chi connectivity index (χ0) is 19.6. The molecule has 0 aliphatic rings. The molecule has 0 bridgehead atoms. The highest BCUT2D eigenvalue weighted by molar-refractivity contribution is 7.51. The summed E-state index contributed by atoms with van der Waals surface area (Å²) in [6, 6.07) is 2.11. The molecule has 4 nitrogen and oxygen atoms in total. The van der Waals surface area contributed by atoms with Gasteiger partial charge in [-0.05, 0) is 53.7 Å². The molecular weight excluding hydrogens is 335 g/mol. The molecular formula is C20H35O4P. The van der Waals surface area contributed by atoms with Gasteiger partial charge in [0.2, 0.25) is 0 Å². The Labute approximate surface area is 152 Å². The normalized spacial score (nSPS) is 13.3. The van der Waals surface area contributed by atoms with Crippen LogP contribution in [0.2, 0.25) is 0 Å². The standard InChI is InChI=1S/C20H35O4P/c1-14-15(11-9-8-10-12-25(22,23)24)13-16(19(2,3)4)18(21)17(14)20(5,6)7/h13,21H,8-12H2,1-7H3,(H2,22,23,24). The van der Waals surface area contributed by atoms with E-state index in [1.54, 1.807) is 0 Å². The molecule has 1 aromatic rings. The van der Waals surface area contributed by atoms with E-state index in [1.807, 2.05) is 0 Å². The molecule has 0 radical (unpaired) electrons. The Hall–Kier alpha value is -0.830. The van der Waals surface area contributed by atoms with E-state index in [-0.39, 0.29) is 17.0 Å². The van der Waals surface area contributed by atoms with Gasteiger partial charge in [0.15, 0.2) is 0 Å². The van der Waals surface area contributed by atoms with Gasteiger partial charge in [0, 0.05) is 11.7 Å². The summed E-state index contributed by atoms with van der Waals surface area (Å²) in [5, 5.41) is 10.9. The zero-order valence-electron chi connectivity index (χ0n) is 16.8. The Morgan fingerprint density at radius 3 is 1.96 bits per heavy atom. The molecule has 144 valence electrons. The van der Waals surface area contributed by atoms with Gasteiger partial charge in [-0.25, -0.2) is 0 Å². The summed E-state index contributed by atoms with van der Waals surface area (Å²) in [4.78, 5) is 17.9. The molecule has 0 saturated carbocycles. The highest BCUT2D eigenvalue weighted by Crippen LogP contribution is 2.42. The first-order valence-electron chi connectivity index (χ1n) is 9.05. The Kier molecular flexibility index (Phi) is 6.94. The van der Waals surface area contributed by atoms with Crippen LogP contribution in [0.15, 0.2) is 6.07 Å². The summed E-state index contributed by atoms with van der Waals surface area (Å²) in [5.74, 6) is 0.405. The number of hydrogen-bond acceptors (Lipinski definition) is 2. The number of benzene rings is 1. The SMILES string of the molecule is Cc1c(CCCCCP(=O)(O)O)cc(C(C)(C)C)c(O)c1C(C)(C)C. The maximum Gasteiger partial charge on any atom is 0.325 e. The number of aryl methyl sites for hydroxylation is 1. The number of phenols is 1. The second kappa shape index (κ2) is 7.82.